The summed E-state index contributed by atoms with van der Waals surface area (Å²) in [5.41, 5.74) is 1.98. The van der Waals surface area contributed by atoms with E-state index >= 15 is 17.6 Å². The van der Waals surface area contributed by atoms with E-state index in [-0.39, 0.29) is 80.9 Å². The molecule has 2 N–H and O–H groups in total. The monoisotopic (exact) mass is 715 g/mol. The summed E-state index contributed by atoms with van der Waals surface area (Å²) in [5.74, 6) is -2.27. The summed E-state index contributed by atoms with van der Waals surface area (Å²) in [6, 6.07) is 3.95. The number of rotatable bonds is 5. The van der Waals surface area contributed by atoms with Gasteiger partial charge in [0.05, 0.1) is 27.4 Å². The topological polar surface area (TPSA) is 112 Å². The molecule has 4 aliphatic heterocycles. The predicted octanol–water partition coefficient (Wildman–Crippen LogP) is 6.27. The normalized spacial score (nSPS) is 25.1. The fourth-order valence-electron chi connectivity index (χ4n) is 8.60. The number of anilines is 2. The standard InChI is InChI=1S/C34H31F6N7O2S/c1-16(48)45-12-17-5-8-47(24(17)14-45)31-20-9-22(34(38,39)40)26(19-3-4-23(36)29-25(19)21(11-41)30(42)50-29)27(37)28(20)43-32(44-31)49-15-33-6-2-7-46(33)13-18(35)10-33/h3-4,9,17-18,24H,2,5-8,10,12-15,42H2,1H3/t17-,18-,24+,33+/m1/s1. The van der Waals surface area contributed by atoms with Gasteiger partial charge in [0.25, 0.3) is 0 Å². The largest absolute Gasteiger partial charge is 0.461 e. The fraction of sp³-hybridized carbons (Fsp3) is 0.471. The van der Waals surface area contributed by atoms with Crippen LogP contribution in [0.15, 0.2) is 18.2 Å². The van der Waals surface area contributed by atoms with Gasteiger partial charge in [-0.2, -0.15) is 28.4 Å². The molecule has 2 aromatic heterocycles. The van der Waals surface area contributed by atoms with E-state index < -0.39 is 46.2 Å². The maximum atomic E-state index is 17.1. The van der Waals surface area contributed by atoms with Crippen LogP contribution in [0.5, 0.6) is 6.01 Å². The van der Waals surface area contributed by atoms with Crippen LogP contribution in [0, 0.1) is 28.9 Å². The SMILES string of the molecule is CC(=O)N1C[C@H]2CCN(c3nc(OC[C@@]45CCCN4C[C@H](F)C5)nc4c(F)c(-c5ccc(F)c6sc(N)c(C#N)c56)c(C(F)(F)F)cc34)[C@H]2C1. The summed E-state index contributed by atoms with van der Waals surface area (Å²) in [6.07, 6.45) is -3.77. The van der Waals surface area contributed by atoms with Gasteiger partial charge in [-0.1, -0.05) is 6.07 Å². The van der Waals surface area contributed by atoms with Crippen LogP contribution >= 0.6 is 11.3 Å². The van der Waals surface area contributed by atoms with Crippen LogP contribution in [-0.4, -0.2) is 82.8 Å². The van der Waals surface area contributed by atoms with Crippen molar-refractivity contribution in [2.24, 2.45) is 5.92 Å². The highest BCUT2D eigenvalue weighted by Gasteiger charge is 2.50. The first-order valence-electron chi connectivity index (χ1n) is 16.4. The molecule has 0 aliphatic carbocycles. The highest BCUT2D eigenvalue weighted by atomic mass is 32.1. The van der Waals surface area contributed by atoms with Gasteiger partial charge in [0.2, 0.25) is 5.91 Å². The Bertz CT molecular complexity index is 2120. The van der Waals surface area contributed by atoms with E-state index in [1.54, 1.807) is 9.80 Å². The zero-order chi connectivity index (χ0) is 35.3. The van der Waals surface area contributed by atoms with Gasteiger partial charge >= 0.3 is 12.2 Å². The van der Waals surface area contributed by atoms with E-state index in [0.717, 1.165) is 24.6 Å². The molecule has 6 heterocycles. The van der Waals surface area contributed by atoms with Crippen LogP contribution in [-0.2, 0) is 11.0 Å². The molecule has 8 rings (SSSR count). The van der Waals surface area contributed by atoms with Crippen molar-refractivity contribution >= 4 is 49.1 Å². The summed E-state index contributed by atoms with van der Waals surface area (Å²) < 4.78 is 97.6. The minimum atomic E-state index is -5.10. The molecule has 1 amide bonds. The predicted molar refractivity (Wildman–Crippen MR) is 174 cm³/mol. The number of aromatic nitrogens is 2. The van der Waals surface area contributed by atoms with Crippen LogP contribution in [0.25, 0.3) is 32.1 Å². The molecular formula is C34H31F6N7O2S. The summed E-state index contributed by atoms with van der Waals surface area (Å²) in [5, 5.41) is 9.26. The third-order valence-corrected chi connectivity index (χ3v) is 11.9. The second kappa shape index (κ2) is 11.6. The molecule has 0 saturated carbocycles. The number of nitrogens with two attached hydrogens (primary N) is 1. The summed E-state index contributed by atoms with van der Waals surface area (Å²) >= 11 is 0.686. The van der Waals surface area contributed by atoms with Crippen molar-refractivity contribution < 1.29 is 35.9 Å². The number of nitriles is 1. The number of benzene rings is 2. The number of hydrogen-bond acceptors (Lipinski definition) is 9. The Kier molecular flexibility index (Phi) is 7.61. The van der Waals surface area contributed by atoms with Crippen molar-refractivity contribution in [1.82, 2.24) is 19.8 Å². The Morgan fingerprint density at radius 1 is 1.20 bits per heavy atom. The number of fused-ring (bicyclic) bond motifs is 4. The third kappa shape index (κ3) is 5.03. The number of alkyl halides is 4. The number of halogens is 6. The molecule has 4 aliphatic rings. The number of likely N-dealkylation sites (tertiary alicyclic amines) is 1. The van der Waals surface area contributed by atoms with E-state index in [2.05, 4.69) is 9.97 Å². The maximum Gasteiger partial charge on any atom is 0.417 e. The summed E-state index contributed by atoms with van der Waals surface area (Å²) in [7, 11) is 0. The molecule has 0 bridgehead atoms. The molecule has 4 saturated heterocycles. The number of carbonyl (C=O) groups excluding carboxylic acids is 1. The van der Waals surface area contributed by atoms with Crippen molar-refractivity contribution in [2.75, 3.05) is 50.0 Å². The molecule has 4 fully saturated rings. The number of nitrogens with zero attached hydrogens (tertiary/aromatic N) is 6. The lowest BCUT2D eigenvalue weighted by Crippen LogP contribution is -2.43. The Labute approximate surface area is 286 Å². The average Bonchev–Trinajstić information content (AvgIpc) is 3.86. The van der Waals surface area contributed by atoms with Gasteiger partial charge in [0.1, 0.15) is 41.0 Å². The van der Waals surface area contributed by atoms with Crippen molar-refractivity contribution in [3.05, 3.63) is 41.0 Å². The van der Waals surface area contributed by atoms with Crippen molar-refractivity contribution in [3.63, 3.8) is 0 Å². The summed E-state index contributed by atoms with van der Waals surface area (Å²) in [6.45, 7) is 3.58. The zero-order valence-electron chi connectivity index (χ0n) is 26.8. The van der Waals surface area contributed by atoms with Gasteiger partial charge in [-0.3, -0.25) is 9.69 Å². The molecule has 4 atom stereocenters. The first-order valence-corrected chi connectivity index (χ1v) is 17.2. The second-order valence-electron chi connectivity index (χ2n) is 13.7. The van der Waals surface area contributed by atoms with Gasteiger partial charge in [-0.05, 0) is 43.5 Å². The minimum absolute atomic E-state index is 0.00403. The Balaban J connectivity index is 1.34. The van der Waals surface area contributed by atoms with Crippen LogP contribution in [0.1, 0.15) is 43.7 Å². The molecule has 0 unspecified atom stereocenters. The van der Waals surface area contributed by atoms with E-state index in [4.69, 9.17) is 10.5 Å². The molecule has 50 heavy (non-hydrogen) atoms. The number of carbonyl (C=O) groups is 1. The number of amides is 1. The first kappa shape index (κ1) is 32.8. The third-order valence-electron chi connectivity index (χ3n) is 10.9. The average molecular weight is 716 g/mol. The van der Waals surface area contributed by atoms with Crippen molar-refractivity contribution in [1.29, 1.82) is 5.26 Å². The van der Waals surface area contributed by atoms with Crippen LogP contribution in [0.3, 0.4) is 0 Å². The molecule has 262 valence electrons. The van der Waals surface area contributed by atoms with Crippen LogP contribution in [0.2, 0.25) is 0 Å². The Morgan fingerprint density at radius 2 is 2.00 bits per heavy atom. The zero-order valence-corrected chi connectivity index (χ0v) is 27.6. The van der Waals surface area contributed by atoms with Gasteiger partial charge in [-0.25, -0.2) is 13.2 Å². The van der Waals surface area contributed by atoms with Crippen molar-refractivity contribution in [3.8, 4) is 23.2 Å². The first-order chi connectivity index (χ1) is 23.8. The van der Waals surface area contributed by atoms with Gasteiger partial charge in [0.15, 0.2) is 5.82 Å². The lowest BCUT2D eigenvalue weighted by Gasteiger charge is -2.31. The van der Waals surface area contributed by atoms with Gasteiger partial charge in [0, 0.05) is 61.8 Å². The Hall–Kier alpha value is -4.36. The maximum absolute atomic E-state index is 17.1. The molecule has 9 nitrogen and oxygen atoms in total. The van der Waals surface area contributed by atoms with Gasteiger partial charge < -0.3 is 20.3 Å². The number of thiophene rings is 1. The van der Waals surface area contributed by atoms with E-state index in [9.17, 15) is 18.8 Å². The highest BCUT2D eigenvalue weighted by molar-refractivity contribution is 7.23. The fourth-order valence-corrected chi connectivity index (χ4v) is 9.55. The summed E-state index contributed by atoms with van der Waals surface area (Å²) in [4.78, 5) is 26.7. The smallest absolute Gasteiger partial charge is 0.417 e. The number of nitrogen functional groups attached to an aromatic ring is 1. The Morgan fingerprint density at radius 3 is 2.74 bits per heavy atom. The molecule has 0 spiro atoms. The van der Waals surface area contributed by atoms with E-state index in [0.29, 0.717) is 50.4 Å². The van der Waals surface area contributed by atoms with E-state index in [1.165, 1.54) is 6.92 Å². The molecule has 4 aromatic rings. The number of ether oxygens (including phenoxy) is 1. The van der Waals surface area contributed by atoms with Crippen LogP contribution in [0.4, 0.5) is 37.2 Å². The van der Waals surface area contributed by atoms with Crippen molar-refractivity contribution in [2.45, 2.75) is 56.5 Å². The highest BCUT2D eigenvalue weighted by Crippen LogP contribution is 2.49. The molecule has 0 radical (unpaired) electrons. The van der Waals surface area contributed by atoms with E-state index in [1.807, 2.05) is 11.0 Å². The molecular weight excluding hydrogens is 684 g/mol. The quantitative estimate of drug-likeness (QED) is 0.241. The van der Waals surface area contributed by atoms with Crippen LogP contribution < -0.4 is 15.4 Å². The minimum Gasteiger partial charge on any atom is -0.461 e. The molecule has 16 heteroatoms. The lowest BCUT2D eigenvalue weighted by molar-refractivity contribution is -0.137. The second-order valence-corrected chi connectivity index (χ2v) is 14.7. The number of hydrogen-bond donors (Lipinski definition) is 1. The lowest BCUT2D eigenvalue weighted by atomic mass is 9.92. The van der Waals surface area contributed by atoms with Gasteiger partial charge in [-0.15, -0.1) is 11.3 Å². The molecule has 2 aromatic carbocycles.